The predicted molar refractivity (Wildman–Crippen MR) is 193 cm³/mol. The van der Waals surface area contributed by atoms with Gasteiger partial charge in [-0.15, -0.1) is 4.36 Å². The van der Waals surface area contributed by atoms with Gasteiger partial charge in [-0.2, -0.15) is 0 Å². The monoisotopic (exact) mass is 725 g/mol. The first-order valence-corrected chi connectivity index (χ1v) is 20.1. The summed E-state index contributed by atoms with van der Waals surface area (Å²) >= 11 is 6.45. The molecule has 7 rings (SSSR count). The standard InChI is InChI=1S/C38H48ClN3O7S/c1-46-34-7-3-2-4-19-50(45,40-36(43)23-48-30-14-17-47-18-15-30)41-37(44)27-9-13-35-33(21-27)42(22-28-8-11-31(28)34)24-38(25-49-35)16-5-6-26-20-29(39)10-12-32(26)38/h3,7,9-10,12-13,20-21,28,30-31,34H,2,4-6,8,11,14-19,22-25H2,1H3,(H,40,41,43,44,45)/b7-3+/t28-,31+,34-,38-,50+/m0/s1. The largest absolute Gasteiger partial charge is 0.490 e. The Morgan fingerprint density at radius 3 is 2.80 bits per heavy atom. The van der Waals surface area contributed by atoms with Crippen LogP contribution < -0.4 is 14.4 Å². The van der Waals surface area contributed by atoms with Gasteiger partial charge in [0.1, 0.15) is 22.3 Å². The number of amides is 2. The number of carbonyl (C=O) groups excluding carboxylic acids is 2. The Hall–Kier alpha value is -2.96. The summed E-state index contributed by atoms with van der Waals surface area (Å²) in [5.41, 5.74) is 3.42. The topological polar surface area (TPSA) is 116 Å². The third-order valence-corrected chi connectivity index (χ3v) is 13.2. The lowest BCUT2D eigenvalue weighted by molar-refractivity contribution is -0.128. The number of hydrogen-bond donors (Lipinski definition) is 1. The number of hydrogen-bond acceptors (Lipinski definition) is 8. The molecular weight excluding hydrogens is 678 g/mol. The van der Waals surface area contributed by atoms with E-state index in [0.717, 1.165) is 55.9 Å². The number of nitrogens with one attached hydrogen (secondary N) is 1. The van der Waals surface area contributed by atoms with Crippen molar-refractivity contribution in [3.05, 3.63) is 70.3 Å². The van der Waals surface area contributed by atoms with Gasteiger partial charge in [0.15, 0.2) is 0 Å². The lowest BCUT2D eigenvalue weighted by Crippen LogP contribution is -2.49. The highest BCUT2D eigenvalue weighted by Crippen LogP contribution is 2.47. The molecule has 3 heterocycles. The second kappa shape index (κ2) is 15.3. The molecule has 1 saturated heterocycles. The molecule has 0 aromatic heterocycles. The first-order chi connectivity index (χ1) is 24.2. The highest BCUT2D eigenvalue weighted by Gasteiger charge is 2.44. The fourth-order valence-electron chi connectivity index (χ4n) is 8.36. The van der Waals surface area contributed by atoms with E-state index in [1.807, 2.05) is 18.2 Å². The summed E-state index contributed by atoms with van der Waals surface area (Å²) < 4.78 is 44.8. The minimum atomic E-state index is -3.45. The van der Waals surface area contributed by atoms with E-state index in [1.165, 1.54) is 11.1 Å². The molecule has 5 aliphatic rings. The van der Waals surface area contributed by atoms with Crippen LogP contribution >= 0.6 is 11.6 Å². The highest BCUT2D eigenvalue weighted by molar-refractivity contribution is 7.92. The van der Waals surface area contributed by atoms with Crippen molar-refractivity contribution < 1.29 is 32.7 Å². The molecule has 10 nitrogen and oxygen atoms in total. The molecule has 0 radical (unpaired) electrons. The van der Waals surface area contributed by atoms with Crippen LogP contribution in [0.4, 0.5) is 5.69 Å². The van der Waals surface area contributed by atoms with Gasteiger partial charge in [0.05, 0.1) is 30.3 Å². The van der Waals surface area contributed by atoms with Crippen molar-refractivity contribution in [2.45, 2.75) is 75.4 Å². The summed E-state index contributed by atoms with van der Waals surface area (Å²) in [5, 5.41) is 0.742. The van der Waals surface area contributed by atoms with Gasteiger partial charge in [-0.1, -0.05) is 29.8 Å². The maximum absolute atomic E-state index is 14.2. The number of anilines is 1. The number of rotatable bonds is 5. The summed E-state index contributed by atoms with van der Waals surface area (Å²) in [5.74, 6) is 0.295. The van der Waals surface area contributed by atoms with E-state index in [-0.39, 0.29) is 30.0 Å². The normalized spacial score (nSPS) is 30.9. The second-order valence-corrected chi connectivity index (χ2v) is 17.0. The summed E-state index contributed by atoms with van der Waals surface area (Å²) in [4.78, 5) is 29.2. The smallest absolute Gasteiger partial charge is 0.286 e. The van der Waals surface area contributed by atoms with Gasteiger partial charge in [-0.3, -0.25) is 14.3 Å². The maximum atomic E-state index is 14.2. The van der Waals surface area contributed by atoms with E-state index in [2.05, 4.69) is 38.3 Å². The summed E-state index contributed by atoms with van der Waals surface area (Å²) in [6, 6.07) is 11.6. The molecule has 2 amide bonds. The maximum Gasteiger partial charge on any atom is 0.286 e. The van der Waals surface area contributed by atoms with Crippen LogP contribution in [-0.4, -0.2) is 80.6 Å². The predicted octanol–water partition coefficient (Wildman–Crippen LogP) is 6.04. The zero-order valence-electron chi connectivity index (χ0n) is 28.8. The van der Waals surface area contributed by atoms with Gasteiger partial charge in [0.25, 0.3) is 11.8 Å². The van der Waals surface area contributed by atoms with Gasteiger partial charge in [-0.05, 0) is 111 Å². The molecule has 1 N–H and O–H groups in total. The summed E-state index contributed by atoms with van der Waals surface area (Å²) in [6.07, 6.45) is 11.7. The third-order valence-electron chi connectivity index (χ3n) is 11.1. The zero-order chi connectivity index (χ0) is 34.7. The number of nitrogens with zero attached hydrogens (tertiary/aromatic N) is 2. The van der Waals surface area contributed by atoms with Crippen molar-refractivity contribution in [3.63, 3.8) is 0 Å². The van der Waals surface area contributed by atoms with Crippen LogP contribution in [0.5, 0.6) is 5.75 Å². The van der Waals surface area contributed by atoms with E-state index in [1.54, 1.807) is 13.2 Å². The van der Waals surface area contributed by atoms with Crippen LogP contribution in [0.25, 0.3) is 0 Å². The Morgan fingerprint density at radius 2 is 2.00 bits per heavy atom. The number of benzene rings is 2. The van der Waals surface area contributed by atoms with Gasteiger partial charge in [0.2, 0.25) is 0 Å². The van der Waals surface area contributed by atoms with Crippen molar-refractivity contribution in [2.75, 3.05) is 57.3 Å². The van der Waals surface area contributed by atoms with Crippen molar-refractivity contribution in [1.82, 2.24) is 4.72 Å². The Bertz CT molecular complexity index is 1740. The van der Waals surface area contributed by atoms with E-state index in [0.29, 0.717) is 68.7 Å². The van der Waals surface area contributed by atoms with E-state index >= 15 is 0 Å². The van der Waals surface area contributed by atoms with E-state index < -0.39 is 21.7 Å². The number of fused-ring (bicyclic) bond motifs is 4. The number of methoxy groups -OCH3 is 1. The molecule has 2 fully saturated rings. The SMILES string of the molecule is CO[C@H]1/C=C/CCC[S@@](=O)(NC(=O)COC2CCOCC2)=NC(=O)c2ccc3c(c2)N(C[C@@H]2CC[C@H]21)C[C@@]1(CCCc2cc(Cl)ccc21)CO3. The van der Waals surface area contributed by atoms with Crippen molar-refractivity contribution >= 4 is 39.0 Å². The molecule has 1 saturated carbocycles. The first-order valence-electron chi connectivity index (χ1n) is 18.0. The third kappa shape index (κ3) is 7.77. The fourth-order valence-corrected chi connectivity index (χ4v) is 10.1. The van der Waals surface area contributed by atoms with Crippen LogP contribution in [0.15, 0.2) is 52.9 Å². The number of halogens is 1. The van der Waals surface area contributed by atoms with E-state index in [9.17, 15) is 13.8 Å². The molecule has 3 aliphatic heterocycles. The molecule has 0 unspecified atom stereocenters. The molecule has 2 aromatic carbocycles. The molecule has 50 heavy (non-hydrogen) atoms. The van der Waals surface area contributed by atoms with Crippen LogP contribution in [0.2, 0.25) is 5.02 Å². The molecule has 2 aliphatic carbocycles. The average Bonchev–Trinajstić information content (AvgIpc) is 3.25. The molecule has 1 spiro atoms. The fraction of sp³-hybridized carbons (Fsp3) is 0.579. The van der Waals surface area contributed by atoms with Crippen LogP contribution in [-0.2, 0) is 40.8 Å². The van der Waals surface area contributed by atoms with Crippen molar-refractivity contribution in [3.8, 4) is 5.75 Å². The molecular formula is C38H48ClN3O7S. The average molecular weight is 726 g/mol. The number of ether oxygens (including phenoxy) is 4. The number of aryl methyl sites for hydroxylation is 1. The van der Waals surface area contributed by atoms with Gasteiger partial charge in [-0.25, -0.2) is 4.21 Å². The Kier molecular flexibility index (Phi) is 10.9. The molecule has 2 bridgehead atoms. The van der Waals surface area contributed by atoms with Crippen molar-refractivity contribution in [2.24, 2.45) is 16.2 Å². The Balaban J connectivity index is 1.22. The molecule has 2 aromatic rings. The minimum Gasteiger partial charge on any atom is -0.490 e. The second-order valence-electron chi connectivity index (χ2n) is 14.4. The molecule has 270 valence electrons. The zero-order valence-corrected chi connectivity index (χ0v) is 30.4. The van der Waals surface area contributed by atoms with Gasteiger partial charge in [0, 0.05) is 49.4 Å². The Labute approximate surface area is 300 Å². The van der Waals surface area contributed by atoms with Crippen LogP contribution in [0.3, 0.4) is 0 Å². The molecule has 5 atom stereocenters. The summed E-state index contributed by atoms with van der Waals surface area (Å²) in [6.45, 7) is 2.92. The molecule has 12 heteroatoms. The number of carbonyl (C=O) groups is 2. The lowest BCUT2D eigenvalue weighted by atomic mass is 9.68. The van der Waals surface area contributed by atoms with E-state index in [4.69, 9.17) is 30.5 Å². The van der Waals surface area contributed by atoms with Gasteiger partial charge >= 0.3 is 0 Å². The quantitative estimate of drug-likeness (QED) is 0.371. The Morgan fingerprint density at radius 1 is 1.14 bits per heavy atom. The van der Waals surface area contributed by atoms with Crippen LogP contribution in [0.1, 0.15) is 72.9 Å². The summed E-state index contributed by atoms with van der Waals surface area (Å²) in [7, 11) is -1.68. The highest BCUT2D eigenvalue weighted by atomic mass is 35.5. The first kappa shape index (κ1) is 35.4. The van der Waals surface area contributed by atoms with Crippen LogP contribution in [0, 0.1) is 11.8 Å². The van der Waals surface area contributed by atoms with Crippen molar-refractivity contribution in [1.29, 1.82) is 0 Å². The number of allylic oxidation sites excluding steroid dienone is 1. The minimum absolute atomic E-state index is 0.0297. The lowest BCUT2D eigenvalue weighted by Gasteiger charge is -2.46. The van der Waals surface area contributed by atoms with Gasteiger partial charge < -0.3 is 23.8 Å².